The fraction of sp³-hybridized carbons (Fsp3) is 0.500. The number of aromatic nitrogens is 2. The van der Waals surface area contributed by atoms with Crippen molar-refractivity contribution in [1.29, 1.82) is 0 Å². The maximum Gasteiger partial charge on any atom is 0.174 e. The molecule has 1 unspecified atom stereocenters. The summed E-state index contributed by atoms with van der Waals surface area (Å²) in [5.74, 6) is 1.18. The highest BCUT2D eigenvalue weighted by molar-refractivity contribution is 7.84. The van der Waals surface area contributed by atoms with E-state index in [0.717, 1.165) is 12.8 Å². The normalized spacial score (nSPS) is 12.7. The van der Waals surface area contributed by atoms with Gasteiger partial charge in [0.2, 0.25) is 0 Å². The summed E-state index contributed by atoms with van der Waals surface area (Å²) in [6.45, 7) is 5.40. The van der Waals surface area contributed by atoms with Crippen LogP contribution in [0.3, 0.4) is 0 Å². The molecule has 1 N–H and O–H groups in total. The highest BCUT2D eigenvalue weighted by atomic mass is 32.2. The predicted molar refractivity (Wildman–Crippen MR) is 54.0 cm³/mol. The lowest BCUT2D eigenvalue weighted by atomic mass is 10.4. The van der Waals surface area contributed by atoms with Crippen LogP contribution in [0.15, 0.2) is 16.1 Å². The fourth-order valence-electron chi connectivity index (χ4n) is 0.877. The van der Waals surface area contributed by atoms with Gasteiger partial charge in [-0.05, 0) is 13.1 Å². The molecule has 1 atom stereocenters. The van der Waals surface area contributed by atoms with Gasteiger partial charge in [-0.3, -0.25) is 9.31 Å². The summed E-state index contributed by atoms with van der Waals surface area (Å²) >= 11 is 0. The number of unbranched alkanes of at least 4 members (excludes halogenated alkanes) is 1. The van der Waals surface area contributed by atoms with E-state index in [1.54, 1.807) is 6.07 Å². The van der Waals surface area contributed by atoms with Crippen molar-refractivity contribution in [3.8, 4) is 0 Å². The topological polar surface area (TPSA) is 58.1 Å². The molecule has 0 radical (unpaired) electrons. The molecule has 1 heterocycles. The molecule has 0 fully saturated rings. The van der Waals surface area contributed by atoms with Crippen LogP contribution in [0.1, 0.15) is 19.8 Å². The number of hydrogen-bond acceptors (Lipinski definition) is 3. The Balaban J connectivity index is 2.60. The Morgan fingerprint density at radius 1 is 1.77 bits per heavy atom. The van der Waals surface area contributed by atoms with Gasteiger partial charge in [-0.15, -0.1) is 0 Å². The zero-order valence-corrected chi connectivity index (χ0v) is 8.43. The number of rotatable bonds is 5. The largest absolute Gasteiger partial charge is 0.267 e. The van der Waals surface area contributed by atoms with E-state index in [1.807, 2.05) is 0 Å². The van der Waals surface area contributed by atoms with Gasteiger partial charge in [0.1, 0.15) is 5.03 Å². The molecule has 4 nitrogen and oxygen atoms in total. The van der Waals surface area contributed by atoms with E-state index in [1.165, 1.54) is 0 Å². The van der Waals surface area contributed by atoms with Crippen molar-refractivity contribution in [3.05, 3.63) is 6.07 Å². The number of hydrogen-bond donors (Lipinski definition) is 1. The first-order valence-corrected chi connectivity index (χ1v) is 5.50. The SMILES string of the molecule is C=Nc1cc(S(=O)CCCC)[nH]n1. The second-order valence-corrected chi connectivity index (χ2v) is 4.19. The molecule has 1 aromatic heterocycles. The summed E-state index contributed by atoms with van der Waals surface area (Å²) in [7, 11) is -0.970. The average molecular weight is 199 g/mol. The number of H-pyrrole nitrogens is 1. The summed E-state index contributed by atoms with van der Waals surface area (Å²) < 4.78 is 11.5. The van der Waals surface area contributed by atoms with Crippen LogP contribution in [0.2, 0.25) is 0 Å². The number of nitrogens with one attached hydrogen (secondary N) is 1. The first-order valence-electron chi connectivity index (χ1n) is 4.18. The zero-order chi connectivity index (χ0) is 9.68. The van der Waals surface area contributed by atoms with E-state index in [9.17, 15) is 4.21 Å². The van der Waals surface area contributed by atoms with Crippen LogP contribution in [0.25, 0.3) is 0 Å². The van der Waals surface area contributed by atoms with Crippen LogP contribution < -0.4 is 0 Å². The maximum atomic E-state index is 11.5. The molecule has 0 amide bonds. The van der Waals surface area contributed by atoms with Gasteiger partial charge >= 0.3 is 0 Å². The second kappa shape index (κ2) is 4.91. The lowest BCUT2D eigenvalue weighted by Gasteiger charge is -1.95. The van der Waals surface area contributed by atoms with Crippen LogP contribution in [-0.4, -0.2) is 26.9 Å². The van der Waals surface area contributed by atoms with Crippen molar-refractivity contribution in [3.63, 3.8) is 0 Å². The van der Waals surface area contributed by atoms with Gasteiger partial charge in [-0.2, -0.15) is 5.10 Å². The van der Waals surface area contributed by atoms with Crippen molar-refractivity contribution in [2.24, 2.45) is 4.99 Å². The van der Waals surface area contributed by atoms with Crippen LogP contribution in [-0.2, 0) is 10.8 Å². The van der Waals surface area contributed by atoms with Crippen molar-refractivity contribution < 1.29 is 4.21 Å². The van der Waals surface area contributed by atoms with Crippen LogP contribution in [0.4, 0.5) is 5.82 Å². The molecule has 0 saturated heterocycles. The van der Waals surface area contributed by atoms with Crippen LogP contribution in [0.5, 0.6) is 0 Å². The van der Waals surface area contributed by atoms with Crippen molar-refractivity contribution in [2.75, 3.05) is 5.75 Å². The molecule has 0 aliphatic rings. The molecule has 13 heavy (non-hydrogen) atoms. The molecular formula is C8H13N3OS. The third kappa shape index (κ3) is 2.77. The molecule has 0 aromatic carbocycles. The number of nitrogens with zero attached hydrogens (tertiary/aromatic N) is 2. The van der Waals surface area contributed by atoms with E-state index >= 15 is 0 Å². The Labute approximate surface area is 79.9 Å². The molecule has 1 rings (SSSR count). The Morgan fingerprint density at radius 3 is 3.08 bits per heavy atom. The Morgan fingerprint density at radius 2 is 2.54 bits per heavy atom. The summed E-state index contributed by atoms with van der Waals surface area (Å²) in [5.41, 5.74) is 0. The minimum Gasteiger partial charge on any atom is -0.267 e. The minimum atomic E-state index is -0.970. The number of aliphatic imine (C=N–C) groups is 1. The van der Waals surface area contributed by atoms with E-state index < -0.39 is 10.8 Å². The van der Waals surface area contributed by atoms with E-state index in [2.05, 4.69) is 28.8 Å². The minimum absolute atomic E-state index is 0.500. The lowest BCUT2D eigenvalue weighted by molar-refractivity contribution is 0.676. The van der Waals surface area contributed by atoms with Gasteiger partial charge in [0.15, 0.2) is 5.82 Å². The average Bonchev–Trinajstić information content (AvgIpc) is 2.62. The van der Waals surface area contributed by atoms with Crippen molar-refractivity contribution in [1.82, 2.24) is 10.2 Å². The predicted octanol–water partition coefficient (Wildman–Crippen LogP) is 1.65. The molecule has 0 bridgehead atoms. The third-order valence-corrected chi connectivity index (χ3v) is 2.99. The maximum absolute atomic E-state index is 11.5. The summed E-state index contributed by atoms with van der Waals surface area (Å²) in [6, 6.07) is 1.67. The fourth-order valence-corrected chi connectivity index (χ4v) is 2.03. The van der Waals surface area contributed by atoms with Gasteiger partial charge in [-0.1, -0.05) is 13.3 Å². The quantitative estimate of drug-likeness (QED) is 0.733. The van der Waals surface area contributed by atoms with Crippen molar-refractivity contribution in [2.45, 2.75) is 24.8 Å². The smallest absolute Gasteiger partial charge is 0.174 e. The zero-order valence-electron chi connectivity index (χ0n) is 7.62. The molecule has 0 aliphatic carbocycles. The van der Waals surface area contributed by atoms with Gasteiger partial charge in [0, 0.05) is 11.8 Å². The van der Waals surface area contributed by atoms with Gasteiger partial charge in [-0.25, -0.2) is 4.99 Å². The molecule has 5 heteroatoms. The van der Waals surface area contributed by atoms with Gasteiger partial charge in [0.25, 0.3) is 0 Å². The Hall–Kier alpha value is -0.970. The van der Waals surface area contributed by atoms with E-state index in [0.29, 0.717) is 16.6 Å². The Kier molecular flexibility index (Phi) is 3.82. The number of aromatic amines is 1. The summed E-state index contributed by atoms with van der Waals surface area (Å²) in [6.07, 6.45) is 2.01. The molecular weight excluding hydrogens is 186 g/mol. The lowest BCUT2D eigenvalue weighted by Crippen LogP contribution is -1.97. The van der Waals surface area contributed by atoms with Gasteiger partial charge < -0.3 is 0 Å². The summed E-state index contributed by atoms with van der Waals surface area (Å²) in [4.78, 5) is 3.63. The highest BCUT2D eigenvalue weighted by Crippen LogP contribution is 2.12. The first-order chi connectivity index (χ1) is 6.27. The molecule has 0 saturated carbocycles. The third-order valence-electron chi connectivity index (χ3n) is 1.63. The van der Waals surface area contributed by atoms with E-state index in [4.69, 9.17) is 0 Å². The molecule has 0 aliphatic heterocycles. The summed E-state index contributed by atoms with van der Waals surface area (Å²) in [5, 5.41) is 7.13. The molecule has 0 spiro atoms. The second-order valence-electron chi connectivity index (χ2n) is 2.65. The van der Waals surface area contributed by atoms with Gasteiger partial charge in [0.05, 0.1) is 10.8 Å². The highest BCUT2D eigenvalue weighted by Gasteiger charge is 2.06. The molecule has 1 aromatic rings. The monoisotopic (exact) mass is 199 g/mol. The van der Waals surface area contributed by atoms with Crippen molar-refractivity contribution >= 4 is 23.3 Å². The van der Waals surface area contributed by atoms with E-state index in [-0.39, 0.29) is 0 Å². The standard InChI is InChI=1S/C8H13N3OS/c1-3-4-5-13(12)8-6-7(9-2)10-11-8/h6H,2-5H2,1H3,(H,10,11). The first kappa shape index (κ1) is 10.1. The van der Waals surface area contributed by atoms with Crippen LogP contribution in [0, 0.1) is 0 Å². The van der Waals surface area contributed by atoms with Crippen LogP contribution >= 0.6 is 0 Å². The Bertz CT molecular complexity index is 308. The molecule has 72 valence electrons.